The first kappa shape index (κ1) is 13.2. The molecule has 0 amide bonds. The van der Waals surface area contributed by atoms with E-state index >= 15 is 0 Å². The van der Waals surface area contributed by atoms with Gasteiger partial charge in [-0.2, -0.15) is 0 Å². The number of hydrogen-bond donors (Lipinski definition) is 4. The van der Waals surface area contributed by atoms with E-state index in [1.807, 2.05) is 0 Å². The summed E-state index contributed by atoms with van der Waals surface area (Å²) in [7, 11) is 0. The molecule has 2 rings (SSSR count). The highest BCUT2D eigenvalue weighted by Gasteiger charge is 2.20. The second-order valence-electron chi connectivity index (χ2n) is 5.14. The van der Waals surface area contributed by atoms with Gasteiger partial charge < -0.3 is 26.4 Å². The summed E-state index contributed by atoms with van der Waals surface area (Å²) in [4.78, 5) is 0. The average Bonchev–Trinajstić information content (AvgIpc) is 2.28. The number of nitrogens with one attached hydrogen (secondary N) is 3. The van der Waals surface area contributed by atoms with Crippen LogP contribution in [0.2, 0.25) is 0 Å². The van der Waals surface area contributed by atoms with Gasteiger partial charge in [0.25, 0.3) is 0 Å². The molecular formula is C12H26N4O. The van der Waals surface area contributed by atoms with Gasteiger partial charge in [-0.3, -0.25) is 0 Å². The van der Waals surface area contributed by atoms with Crippen LogP contribution >= 0.6 is 0 Å². The SMILES string of the molecule is NC1CNCCC1CCNCCNC1COC1. The van der Waals surface area contributed by atoms with Crippen molar-refractivity contribution >= 4 is 0 Å². The molecule has 0 saturated carbocycles. The Morgan fingerprint density at radius 2 is 2.12 bits per heavy atom. The fraction of sp³-hybridized carbons (Fsp3) is 1.00. The third-order valence-electron chi connectivity index (χ3n) is 3.74. The predicted octanol–water partition coefficient (Wildman–Crippen LogP) is -1.11. The molecule has 2 aliphatic rings. The minimum atomic E-state index is 0.343. The number of hydrogen-bond acceptors (Lipinski definition) is 5. The topological polar surface area (TPSA) is 71.3 Å². The van der Waals surface area contributed by atoms with Crippen LogP contribution in [0.5, 0.6) is 0 Å². The van der Waals surface area contributed by atoms with Gasteiger partial charge in [0.2, 0.25) is 0 Å². The van der Waals surface area contributed by atoms with Crippen molar-refractivity contribution in [2.24, 2.45) is 11.7 Å². The zero-order chi connectivity index (χ0) is 11.9. The molecule has 0 aromatic carbocycles. The van der Waals surface area contributed by atoms with Gasteiger partial charge in [0.1, 0.15) is 0 Å². The molecule has 2 aliphatic heterocycles. The van der Waals surface area contributed by atoms with Crippen molar-refractivity contribution < 1.29 is 4.74 Å². The third-order valence-corrected chi connectivity index (χ3v) is 3.74. The molecule has 100 valence electrons. The molecule has 5 N–H and O–H groups in total. The molecular weight excluding hydrogens is 216 g/mol. The summed E-state index contributed by atoms with van der Waals surface area (Å²) in [6.45, 7) is 7.02. The normalized spacial score (nSPS) is 30.2. The maximum atomic E-state index is 6.07. The van der Waals surface area contributed by atoms with E-state index in [2.05, 4.69) is 16.0 Å². The van der Waals surface area contributed by atoms with Gasteiger partial charge in [-0.05, 0) is 31.8 Å². The van der Waals surface area contributed by atoms with Crippen LogP contribution in [0.25, 0.3) is 0 Å². The monoisotopic (exact) mass is 242 g/mol. The molecule has 0 aromatic rings. The Kier molecular flexibility index (Phi) is 5.67. The van der Waals surface area contributed by atoms with Gasteiger partial charge in [-0.25, -0.2) is 0 Å². The fourth-order valence-corrected chi connectivity index (χ4v) is 2.43. The van der Waals surface area contributed by atoms with Crippen LogP contribution in [0.1, 0.15) is 12.8 Å². The molecule has 0 aliphatic carbocycles. The van der Waals surface area contributed by atoms with E-state index in [9.17, 15) is 0 Å². The molecule has 2 unspecified atom stereocenters. The number of nitrogens with two attached hydrogens (primary N) is 1. The largest absolute Gasteiger partial charge is 0.378 e. The molecule has 0 aromatic heterocycles. The molecule has 5 nitrogen and oxygen atoms in total. The van der Waals surface area contributed by atoms with Crippen molar-refractivity contribution in [3.8, 4) is 0 Å². The lowest BCUT2D eigenvalue weighted by Gasteiger charge is -2.29. The first-order valence-corrected chi connectivity index (χ1v) is 6.84. The summed E-state index contributed by atoms with van der Waals surface area (Å²) in [6, 6.07) is 0.936. The highest BCUT2D eigenvalue weighted by Crippen LogP contribution is 2.14. The van der Waals surface area contributed by atoms with Gasteiger partial charge in [-0.15, -0.1) is 0 Å². The summed E-state index contributed by atoms with van der Waals surface area (Å²) in [6.07, 6.45) is 2.43. The lowest BCUT2D eigenvalue weighted by Crippen LogP contribution is -2.48. The highest BCUT2D eigenvalue weighted by molar-refractivity contribution is 4.81. The number of rotatable bonds is 7. The Labute approximate surface area is 104 Å². The van der Waals surface area contributed by atoms with Crippen molar-refractivity contribution in [3.63, 3.8) is 0 Å². The summed E-state index contributed by atoms with van der Waals surface area (Å²) < 4.78 is 5.10. The highest BCUT2D eigenvalue weighted by atomic mass is 16.5. The second kappa shape index (κ2) is 7.28. The standard InChI is InChI=1S/C12H26N4O/c13-12-7-15-4-2-10(12)1-3-14-5-6-16-11-8-17-9-11/h10-12,14-16H,1-9,13H2. The molecule has 17 heavy (non-hydrogen) atoms. The smallest absolute Gasteiger partial charge is 0.0643 e. The number of piperidine rings is 1. The summed E-state index contributed by atoms with van der Waals surface area (Å²) in [5.41, 5.74) is 6.07. The molecule has 0 radical (unpaired) electrons. The Hall–Kier alpha value is -0.200. The van der Waals surface area contributed by atoms with Crippen molar-refractivity contribution in [2.45, 2.75) is 24.9 Å². The number of ether oxygens (including phenoxy) is 1. The predicted molar refractivity (Wildman–Crippen MR) is 69.0 cm³/mol. The van der Waals surface area contributed by atoms with E-state index in [1.54, 1.807) is 0 Å². The summed E-state index contributed by atoms with van der Waals surface area (Å²) in [5, 5.41) is 10.3. The van der Waals surface area contributed by atoms with E-state index in [1.165, 1.54) is 12.8 Å². The lowest BCUT2D eigenvalue weighted by atomic mass is 9.90. The van der Waals surface area contributed by atoms with Gasteiger partial charge >= 0.3 is 0 Å². The molecule has 2 fully saturated rings. The fourth-order valence-electron chi connectivity index (χ4n) is 2.43. The van der Waals surface area contributed by atoms with E-state index < -0.39 is 0 Å². The van der Waals surface area contributed by atoms with Crippen molar-refractivity contribution in [1.82, 2.24) is 16.0 Å². The molecule has 2 saturated heterocycles. The van der Waals surface area contributed by atoms with Crippen LogP contribution in [0.4, 0.5) is 0 Å². The van der Waals surface area contributed by atoms with Crippen molar-refractivity contribution in [3.05, 3.63) is 0 Å². The van der Waals surface area contributed by atoms with Crippen LogP contribution in [0.15, 0.2) is 0 Å². The van der Waals surface area contributed by atoms with Crippen LogP contribution < -0.4 is 21.7 Å². The maximum Gasteiger partial charge on any atom is 0.0643 e. The van der Waals surface area contributed by atoms with Gasteiger partial charge in [0.15, 0.2) is 0 Å². The van der Waals surface area contributed by atoms with Gasteiger partial charge in [-0.1, -0.05) is 0 Å². The van der Waals surface area contributed by atoms with Crippen LogP contribution in [0.3, 0.4) is 0 Å². The minimum Gasteiger partial charge on any atom is -0.378 e. The molecule has 5 heteroatoms. The summed E-state index contributed by atoms with van der Waals surface area (Å²) >= 11 is 0. The first-order chi connectivity index (χ1) is 8.36. The molecule has 0 bridgehead atoms. The maximum absolute atomic E-state index is 6.07. The second-order valence-corrected chi connectivity index (χ2v) is 5.14. The quantitative estimate of drug-likeness (QED) is 0.426. The summed E-state index contributed by atoms with van der Waals surface area (Å²) in [5.74, 6) is 0.691. The molecule has 2 atom stereocenters. The van der Waals surface area contributed by atoms with E-state index in [0.717, 1.165) is 45.9 Å². The average molecular weight is 242 g/mol. The van der Waals surface area contributed by atoms with Gasteiger partial charge in [0.05, 0.1) is 19.3 Å². The van der Waals surface area contributed by atoms with Crippen molar-refractivity contribution in [2.75, 3.05) is 45.9 Å². The Bertz CT molecular complexity index is 211. The minimum absolute atomic E-state index is 0.343. The van der Waals surface area contributed by atoms with Crippen molar-refractivity contribution in [1.29, 1.82) is 0 Å². The first-order valence-electron chi connectivity index (χ1n) is 6.84. The Balaban J connectivity index is 1.42. The zero-order valence-electron chi connectivity index (χ0n) is 10.6. The van der Waals surface area contributed by atoms with E-state index in [4.69, 9.17) is 10.5 Å². The lowest BCUT2D eigenvalue weighted by molar-refractivity contribution is -0.00465. The zero-order valence-corrected chi connectivity index (χ0v) is 10.6. The Morgan fingerprint density at radius 3 is 2.82 bits per heavy atom. The van der Waals surface area contributed by atoms with Crippen LogP contribution in [0, 0.1) is 5.92 Å². The molecule has 0 spiro atoms. The van der Waals surface area contributed by atoms with Crippen LogP contribution in [-0.2, 0) is 4.74 Å². The Morgan fingerprint density at radius 1 is 1.24 bits per heavy atom. The van der Waals surface area contributed by atoms with E-state index in [-0.39, 0.29) is 0 Å². The van der Waals surface area contributed by atoms with E-state index in [0.29, 0.717) is 18.0 Å². The van der Waals surface area contributed by atoms with Gasteiger partial charge in [0, 0.05) is 25.7 Å². The van der Waals surface area contributed by atoms with Crippen LogP contribution in [-0.4, -0.2) is 58.0 Å². The molecule has 2 heterocycles. The third kappa shape index (κ3) is 4.52.